The zero-order valence-corrected chi connectivity index (χ0v) is 15.2. The number of benzene rings is 1. The molecule has 1 fully saturated rings. The van der Waals surface area contributed by atoms with E-state index in [0.29, 0.717) is 6.54 Å². The van der Waals surface area contributed by atoms with Gasteiger partial charge in [0.15, 0.2) is 5.96 Å². The molecule has 0 atom stereocenters. The van der Waals surface area contributed by atoms with E-state index in [0.717, 1.165) is 6.54 Å². The summed E-state index contributed by atoms with van der Waals surface area (Å²) in [6, 6.07) is 8.57. The van der Waals surface area contributed by atoms with Gasteiger partial charge in [-0.3, -0.25) is 14.0 Å². The first-order valence-corrected chi connectivity index (χ1v) is 9.69. The average molecular weight is 372 g/mol. The van der Waals surface area contributed by atoms with E-state index in [1.54, 1.807) is 0 Å². The van der Waals surface area contributed by atoms with Gasteiger partial charge in [-0.1, -0.05) is 43.5 Å². The predicted octanol–water partition coefficient (Wildman–Crippen LogP) is 1.57. The fraction of sp³-hybridized carbons (Fsp3) is 0.562. The molecular weight excluding hydrogens is 344 g/mol. The number of hydrogen-bond donors (Lipinski definition) is 4. The maximum Gasteiger partial charge on any atom is 0.394 e. The summed E-state index contributed by atoms with van der Waals surface area (Å²) >= 11 is 0. The molecule has 9 heteroatoms. The van der Waals surface area contributed by atoms with Crippen molar-refractivity contribution >= 4 is 16.4 Å². The van der Waals surface area contributed by atoms with Crippen LogP contribution < -0.4 is 11.5 Å². The Morgan fingerprint density at radius 2 is 1.56 bits per heavy atom. The summed E-state index contributed by atoms with van der Waals surface area (Å²) in [4.78, 5) is 6.64. The molecule has 0 radical (unpaired) electrons. The topological polar surface area (TPSA) is 142 Å². The molecule has 0 spiro atoms. The largest absolute Gasteiger partial charge is 0.394 e. The van der Waals surface area contributed by atoms with Crippen LogP contribution in [-0.2, 0) is 23.5 Å². The van der Waals surface area contributed by atoms with Gasteiger partial charge >= 0.3 is 10.4 Å². The van der Waals surface area contributed by atoms with Crippen LogP contribution in [0.2, 0.25) is 0 Å². The zero-order valence-electron chi connectivity index (χ0n) is 14.3. The first-order valence-electron chi connectivity index (χ1n) is 8.29. The van der Waals surface area contributed by atoms with Crippen molar-refractivity contribution in [2.24, 2.45) is 16.5 Å². The van der Waals surface area contributed by atoms with Crippen molar-refractivity contribution in [3.63, 3.8) is 0 Å². The minimum Gasteiger partial charge on any atom is -0.370 e. The van der Waals surface area contributed by atoms with Crippen LogP contribution in [0.5, 0.6) is 0 Å². The van der Waals surface area contributed by atoms with Crippen LogP contribution in [0.4, 0.5) is 0 Å². The predicted molar refractivity (Wildman–Crippen MR) is 98.5 cm³/mol. The number of aliphatic imine (C=N–C) groups is 1. The number of nitrogens with zero attached hydrogens (tertiary/aromatic N) is 2. The van der Waals surface area contributed by atoms with Gasteiger partial charge < -0.3 is 11.5 Å². The van der Waals surface area contributed by atoms with E-state index in [1.165, 1.54) is 56.3 Å². The van der Waals surface area contributed by atoms with Gasteiger partial charge in [-0.15, -0.1) is 0 Å². The molecule has 25 heavy (non-hydrogen) atoms. The van der Waals surface area contributed by atoms with E-state index in [-0.39, 0.29) is 5.96 Å². The van der Waals surface area contributed by atoms with Crippen molar-refractivity contribution in [3.05, 3.63) is 35.4 Å². The molecule has 1 saturated heterocycles. The van der Waals surface area contributed by atoms with E-state index in [1.807, 2.05) is 0 Å². The number of likely N-dealkylation sites (tertiary alicyclic amines) is 1. The lowest BCUT2D eigenvalue weighted by Gasteiger charge is -2.24. The molecule has 6 N–H and O–H groups in total. The van der Waals surface area contributed by atoms with E-state index in [4.69, 9.17) is 29.0 Å². The third kappa shape index (κ3) is 12.3. The SMILES string of the molecule is NC(N)=NCc1cccc(CN2CCCCCCC2)c1.O=S(=O)(O)O. The number of hydrogen-bond acceptors (Lipinski definition) is 4. The van der Waals surface area contributed by atoms with Gasteiger partial charge in [-0.25, -0.2) is 4.99 Å². The van der Waals surface area contributed by atoms with Crippen molar-refractivity contribution in [1.82, 2.24) is 4.90 Å². The molecule has 0 unspecified atom stereocenters. The van der Waals surface area contributed by atoms with Crippen LogP contribution in [0.3, 0.4) is 0 Å². The summed E-state index contributed by atoms with van der Waals surface area (Å²) in [5.74, 6) is 0.152. The van der Waals surface area contributed by atoms with E-state index in [9.17, 15) is 0 Å². The molecule has 0 aliphatic carbocycles. The smallest absolute Gasteiger partial charge is 0.370 e. The molecule has 8 nitrogen and oxygen atoms in total. The van der Waals surface area contributed by atoms with Gasteiger partial charge in [0.1, 0.15) is 0 Å². The highest BCUT2D eigenvalue weighted by molar-refractivity contribution is 7.79. The normalized spacial score (nSPS) is 16.1. The van der Waals surface area contributed by atoms with Crippen molar-refractivity contribution in [2.45, 2.75) is 45.2 Å². The highest BCUT2D eigenvalue weighted by atomic mass is 32.3. The fourth-order valence-corrected chi connectivity index (χ4v) is 2.74. The van der Waals surface area contributed by atoms with Crippen LogP contribution in [0.25, 0.3) is 0 Å². The first kappa shape index (κ1) is 21.4. The molecule has 0 aromatic heterocycles. The van der Waals surface area contributed by atoms with Crippen LogP contribution in [-0.4, -0.2) is 41.5 Å². The van der Waals surface area contributed by atoms with Crippen molar-refractivity contribution in [1.29, 1.82) is 0 Å². The highest BCUT2D eigenvalue weighted by Crippen LogP contribution is 2.14. The van der Waals surface area contributed by atoms with E-state index in [2.05, 4.69) is 34.2 Å². The lowest BCUT2D eigenvalue weighted by Crippen LogP contribution is -2.26. The van der Waals surface area contributed by atoms with E-state index < -0.39 is 10.4 Å². The molecule has 0 amide bonds. The van der Waals surface area contributed by atoms with Gasteiger partial charge in [0.25, 0.3) is 0 Å². The molecule has 2 rings (SSSR count). The van der Waals surface area contributed by atoms with Crippen molar-refractivity contribution in [3.8, 4) is 0 Å². The Labute approximate surface area is 149 Å². The van der Waals surface area contributed by atoms with Gasteiger partial charge in [0.05, 0.1) is 6.54 Å². The molecule has 1 aliphatic rings. The number of rotatable bonds is 4. The molecule has 142 valence electrons. The maximum atomic E-state index is 8.74. The summed E-state index contributed by atoms with van der Waals surface area (Å²) in [5, 5.41) is 0. The quantitative estimate of drug-likeness (QED) is 0.357. The summed E-state index contributed by atoms with van der Waals surface area (Å²) < 4.78 is 31.6. The number of guanidine groups is 1. The molecule has 0 saturated carbocycles. The van der Waals surface area contributed by atoms with Gasteiger partial charge in [0, 0.05) is 6.54 Å². The van der Waals surface area contributed by atoms with Crippen molar-refractivity contribution in [2.75, 3.05) is 13.1 Å². The van der Waals surface area contributed by atoms with Gasteiger partial charge in [-0.05, 0) is 37.1 Å². The fourth-order valence-electron chi connectivity index (χ4n) is 2.74. The summed E-state index contributed by atoms with van der Waals surface area (Å²) in [5.41, 5.74) is 13.3. The first-order chi connectivity index (χ1) is 11.7. The van der Waals surface area contributed by atoms with Crippen LogP contribution >= 0.6 is 0 Å². The molecule has 1 heterocycles. The molecule has 1 aromatic rings. The Balaban J connectivity index is 0.000000550. The van der Waals surface area contributed by atoms with Crippen LogP contribution in [0, 0.1) is 0 Å². The average Bonchev–Trinajstić information content (AvgIpc) is 2.46. The second kappa shape index (κ2) is 11.0. The van der Waals surface area contributed by atoms with Crippen LogP contribution in [0.15, 0.2) is 29.3 Å². The second-order valence-electron chi connectivity index (χ2n) is 6.05. The monoisotopic (exact) mass is 372 g/mol. The Hall–Kier alpha value is -1.68. The van der Waals surface area contributed by atoms with Gasteiger partial charge in [0.2, 0.25) is 0 Å². The third-order valence-electron chi connectivity index (χ3n) is 3.79. The summed E-state index contributed by atoms with van der Waals surface area (Å²) in [6.45, 7) is 4.04. The number of nitrogens with two attached hydrogens (primary N) is 2. The Morgan fingerprint density at radius 3 is 2.12 bits per heavy atom. The third-order valence-corrected chi connectivity index (χ3v) is 3.79. The van der Waals surface area contributed by atoms with Crippen molar-refractivity contribution < 1.29 is 17.5 Å². The Morgan fingerprint density at radius 1 is 1.04 bits per heavy atom. The minimum absolute atomic E-state index is 0.152. The van der Waals surface area contributed by atoms with Crippen LogP contribution in [0.1, 0.15) is 43.2 Å². The van der Waals surface area contributed by atoms with E-state index >= 15 is 0 Å². The molecule has 1 aromatic carbocycles. The highest BCUT2D eigenvalue weighted by Gasteiger charge is 2.08. The molecule has 0 bridgehead atoms. The summed E-state index contributed by atoms with van der Waals surface area (Å²) in [6.07, 6.45) is 6.81. The minimum atomic E-state index is -4.67. The second-order valence-corrected chi connectivity index (χ2v) is 6.95. The maximum absolute atomic E-state index is 8.74. The summed E-state index contributed by atoms with van der Waals surface area (Å²) in [7, 11) is -4.67. The Bertz CT molecular complexity index is 629. The standard InChI is InChI=1S/C16H26N4.H2O4S/c17-16(18)19-12-14-7-6-8-15(11-14)13-20-9-4-2-1-3-5-10-20;1-5(2,3)4/h6-8,11H,1-5,9-10,12-13H2,(H4,17,18,19);(H2,1,2,3,4). The lowest BCUT2D eigenvalue weighted by molar-refractivity contribution is 0.240. The Kier molecular flexibility index (Phi) is 9.43. The molecular formula is C16H28N4O4S. The van der Waals surface area contributed by atoms with Gasteiger partial charge in [-0.2, -0.15) is 8.42 Å². The zero-order chi connectivity index (χ0) is 18.7. The molecule has 1 aliphatic heterocycles. The lowest BCUT2D eigenvalue weighted by atomic mass is 10.1.